The molecule has 2 heterocycles. The summed E-state index contributed by atoms with van der Waals surface area (Å²) in [4.78, 5) is 1.23. The third kappa shape index (κ3) is 2.61. The number of nitrogens with two attached hydrogens (primary N) is 1. The fourth-order valence-electron chi connectivity index (χ4n) is 1.34. The minimum absolute atomic E-state index is 0.143. The van der Waals surface area contributed by atoms with Gasteiger partial charge in [0.25, 0.3) is 0 Å². The predicted octanol–water partition coefficient (Wildman–Crippen LogP) is 2.86. The zero-order chi connectivity index (χ0) is 10.8. The van der Waals surface area contributed by atoms with Crippen LogP contribution in [-0.4, -0.2) is 16.3 Å². The van der Waals surface area contributed by atoms with Crippen molar-refractivity contribution in [2.45, 2.75) is 6.04 Å². The normalized spacial score (nSPS) is 13.0. The topological polar surface area (TPSA) is 43.8 Å². The van der Waals surface area contributed by atoms with E-state index in [4.69, 9.17) is 5.73 Å². The molecule has 80 valence electrons. The van der Waals surface area contributed by atoms with Gasteiger partial charge < -0.3 is 5.73 Å². The van der Waals surface area contributed by atoms with Gasteiger partial charge in [-0.25, -0.2) is 0 Å². The van der Waals surface area contributed by atoms with Crippen LogP contribution in [0.5, 0.6) is 0 Å². The highest BCUT2D eigenvalue weighted by atomic mass is 127. The molecule has 0 saturated carbocycles. The maximum atomic E-state index is 5.78. The Morgan fingerprint density at radius 1 is 1.67 bits per heavy atom. The van der Waals surface area contributed by atoms with Crippen molar-refractivity contribution in [3.05, 3.63) is 36.8 Å². The highest BCUT2D eigenvalue weighted by molar-refractivity contribution is 14.1. The summed E-state index contributed by atoms with van der Waals surface area (Å²) in [7, 11) is 0. The fourth-order valence-corrected chi connectivity index (χ4v) is 3.30. The first-order valence-electron chi connectivity index (χ1n) is 4.34. The molecule has 0 radical (unpaired) electrons. The summed E-state index contributed by atoms with van der Waals surface area (Å²) < 4.78 is 4.14. The molecule has 0 bridgehead atoms. The first kappa shape index (κ1) is 11.6. The summed E-state index contributed by atoms with van der Waals surface area (Å²) in [5.41, 5.74) is 5.78. The Labute approximate surface area is 114 Å². The van der Waals surface area contributed by atoms with Crippen LogP contribution in [-0.2, 0) is 0 Å². The van der Waals surface area contributed by atoms with E-state index < -0.39 is 0 Å². The number of rotatable bonds is 3. The molecule has 0 saturated heterocycles. The average molecular weight is 398 g/mol. The maximum absolute atomic E-state index is 5.78. The molecule has 0 amide bonds. The van der Waals surface area contributed by atoms with Gasteiger partial charge in [-0.2, -0.15) is 5.10 Å². The lowest BCUT2D eigenvalue weighted by molar-refractivity contribution is 0.539. The van der Waals surface area contributed by atoms with E-state index in [1.165, 1.54) is 4.88 Å². The first-order valence-corrected chi connectivity index (χ1v) is 7.09. The van der Waals surface area contributed by atoms with Gasteiger partial charge in [-0.15, -0.1) is 11.3 Å². The maximum Gasteiger partial charge on any atom is 0.0982 e. The molecule has 0 aliphatic rings. The molecule has 2 aromatic rings. The molecule has 0 aliphatic carbocycles. The van der Waals surface area contributed by atoms with Crippen LogP contribution in [0.1, 0.15) is 10.9 Å². The monoisotopic (exact) mass is 397 g/mol. The molecule has 1 unspecified atom stereocenters. The van der Waals surface area contributed by atoms with Crippen LogP contribution in [0.15, 0.2) is 28.3 Å². The van der Waals surface area contributed by atoms with Crippen molar-refractivity contribution in [2.24, 2.45) is 5.73 Å². The van der Waals surface area contributed by atoms with Crippen LogP contribution >= 0.6 is 49.9 Å². The van der Waals surface area contributed by atoms with Crippen LogP contribution in [0.2, 0.25) is 0 Å². The molecule has 2 aromatic heterocycles. The van der Waals surface area contributed by atoms with Gasteiger partial charge in [0.15, 0.2) is 0 Å². The van der Waals surface area contributed by atoms with Gasteiger partial charge in [0.05, 0.1) is 15.8 Å². The molecule has 15 heavy (non-hydrogen) atoms. The van der Waals surface area contributed by atoms with Crippen molar-refractivity contribution in [1.29, 1.82) is 0 Å². The Hall–Kier alpha value is 0.0800. The second-order valence-corrected chi connectivity index (χ2v) is 6.16. The molecule has 1 atom stereocenters. The Balaban J connectivity index is 2.32. The first-order chi connectivity index (χ1) is 7.20. The minimum atomic E-state index is 0.143. The van der Waals surface area contributed by atoms with E-state index in [-0.39, 0.29) is 6.04 Å². The molecular formula is C9H9BrIN3S. The molecular weight excluding hydrogens is 389 g/mol. The highest BCUT2D eigenvalue weighted by Crippen LogP contribution is 2.27. The SMILES string of the molecule is NCC(c1cc(Br)cs1)n1cc(I)cn1. The van der Waals surface area contributed by atoms with E-state index >= 15 is 0 Å². The van der Waals surface area contributed by atoms with Crippen molar-refractivity contribution >= 4 is 49.9 Å². The van der Waals surface area contributed by atoms with Crippen molar-refractivity contribution in [3.8, 4) is 0 Å². The van der Waals surface area contributed by atoms with E-state index in [0.29, 0.717) is 6.54 Å². The van der Waals surface area contributed by atoms with Crippen molar-refractivity contribution < 1.29 is 0 Å². The quantitative estimate of drug-likeness (QED) is 0.809. The van der Waals surface area contributed by atoms with Gasteiger partial charge in [-0.1, -0.05) is 0 Å². The Morgan fingerprint density at radius 2 is 2.47 bits per heavy atom. The van der Waals surface area contributed by atoms with Gasteiger partial charge >= 0.3 is 0 Å². The lowest BCUT2D eigenvalue weighted by atomic mass is 10.2. The van der Waals surface area contributed by atoms with Gasteiger partial charge in [-0.05, 0) is 44.6 Å². The predicted molar refractivity (Wildman–Crippen MR) is 74.2 cm³/mol. The second-order valence-electron chi connectivity index (χ2n) is 3.06. The lowest BCUT2D eigenvalue weighted by Crippen LogP contribution is -2.19. The molecule has 6 heteroatoms. The lowest BCUT2D eigenvalue weighted by Gasteiger charge is -2.13. The fraction of sp³-hybridized carbons (Fsp3) is 0.222. The van der Waals surface area contributed by atoms with Crippen LogP contribution in [0.4, 0.5) is 0 Å². The number of hydrogen-bond acceptors (Lipinski definition) is 3. The molecule has 3 nitrogen and oxygen atoms in total. The Bertz CT molecular complexity index is 413. The van der Waals surface area contributed by atoms with E-state index in [2.05, 4.69) is 55.1 Å². The average Bonchev–Trinajstić information content (AvgIpc) is 2.78. The minimum Gasteiger partial charge on any atom is -0.328 e. The standard InChI is InChI=1S/C9H9BrIN3S/c10-6-1-9(15-5-6)8(2-12)14-4-7(11)3-13-14/h1,3-5,8H,2,12H2. The third-order valence-electron chi connectivity index (χ3n) is 2.03. The Morgan fingerprint density at radius 3 is 2.93 bits per heavy atom. The summed E-state index contributed by atoms with van der Waals surface area (Å²) in [5, 5.41) is 6.36. The smallest absolute Gasteiger partial charge is 0.0982 e. The number of nitrogens with zero attached hydrogens (tertiary/aromatic N) is 2. The van der Waals surface area contributed by atoms with Gasteiger partial charge in [0.2, 0.25) is 0 Å². The number of thiophene rings is 1. The zero-order valence-corrected chi connectivity index (χ0v) is 12.3. The Kier molecular flexibility index (Phi) is 3.81. The highest BCUT2D eigenvalue weighted by Gasteiger charge is 2.14. The zero-order valence-electron chi connectivity index (χ0n) is 7.73. The third-order valence-corrected chi connectivity index (χ3v) is 4.38. The van der Waals surface area contributed by atoms with Crippen molar-refractivity contribution in [3.63, 3.8) is 0 Å². The number of aromatic nitrogens is 2. The van der Waals surface area contributed by atoms with Gasteiger partial charge in [-0.3, -0.25) is 4.68 Å². The van der Waals surface area contributed by atoms with Crippen LogP contribution in [0.3, 0.4) is 0 Å². The summed E-state index contributed by atoms with van der Waals surface area (Å²) in [6, 6.07) is 2.24. The number of hydrogen-bond donors (Lipinski definition) is 1. The molecule has 0 fully saturated rings. The summed E-state index contributed by atoms with van der Waals surface area (Å²) >= 11 is 7.39. The van der Waals surface area contributed by atoms with Crippen LogP contribution in [0, 0.1) is 3.57 Å². The van der Waals surface area contributed by atoms with E-state index in [1.807, 2.05) is 17.1 Å². The second kappa shape index (κ2) is 4.94. The largest absolute Gasteiger partial charge is 0.328 e. The van der Waals surface area contributed by atoms with Gasteiger partial charge in [0, 0.05) is 27.5 Å². The van der Waals surface area contributed by atoms with Crippen LogP contribution in [0.25, 0.3) is 0 Å². The van der Waals surface area contributed by atoms with Crippen LogP contribution < -0.4 is 5.73 Å². The van der Waals surface area contributed by atoms with E-state index in [1.54, 1.807) is 11.3 Å². The summed E-state index contributed by atoms with van der Waals surface area (Å²) in [6.07, 6.45) is 3.84. The summed E-state index contributed by atoms with van der Waals surface area (Å²) in [6.45, 7) is 0.560. The van der Waals surface area contributed by atoms with E-state index in [9.17, 15) is 0 Å². The van der Waals surface area contributed by atoms with Gasteiger partial charge in [0.1, 0.15) is 0 Å². The molecule has 0 aromatic carbocycles. The molecule has 0 aliphatic heterocycles. The molecule has 2 N–H and O–H groups in total. The van der Waals surface area contributed by atoms with E-state index in [0.717, 1.165) is 8.04 Å². The molecule has 2 rings (SSSR count). The van der Waals surface area contributed by atoms with Crippen molar-refractivity contribution in [2.75, 3.05) is 6.54 Å². The molecule has 0 spiro atoms. The summed E-state index contributed by atoms with van der Waals surface area (Å²) in [5.74, 6) is 0. The number of halogens is 2. The van der Waals surface area contributed by atoms with Crippen molar-refractivity contribution in [1.82, 2.24) is 9.78 Å².